The molecule has 0 spiro atoms. The fraction of sp³-hybridized carbons (Fsp3) is 0.455. The van der Waals surface area contributed by atoms with Crippen LogP contribution in [0.1, 0.15) is 46.7 Å². The molecule has 1 fully saturated rings. The van der Waals surface area contributed by atoms with Crippen molar-refractivity contribution >= 4 is 38.9 Å². The van der Waals surface area contributed by atoms with Crippen LogP contribution in [0.15, 0.2) is 24.3 Å². The first-order chi connectivity index (χ1) is 12.7. The van der Waals surface area contributed by atoms with E-state index in [4.69, 9.17) is 20.1 Å². The summed E-state index contributed by atoms with van der Waals surface area (Å²) in [5.74, 6) is -0.0705. The highest BCUT2D eigenvalue weighted by Gasteiger charge is 2.44. The Morgan fingerprint density at radius 3 is 1.56 bits per heavy atom. The second-order valence-electron chi connectivity index (χ2n) is 7.92. The second kappa shape index (κ2) is 7.72. The number of nitrogens with zero attached hydrogens (tertiary/aromatic N) is 2. The fourth-order valence-corrected chi connectivity index (χ4v) is 8.09. The highest BCUT2D eigenvalue weighted by Crippen LogP contribution is 2.62. The monoisotopic (exact) mass is 396 g/mol. The van der Waals surface area contributed by atoms with Crippen LogP contribution in [0.4, 0.5) is 11.4 Å². The summed E-state index contributed by atoms with van der Waals surface area (Å²) >= 11 is 5.16. The Labute approximate surface area is 172 Å². The lowest BCUT2D eigenvalue weighted by Crippen LogP contribution is -2.38. The van der Waals surface area contributed by atoms with Crippen LogP contribution in [0, 0.1) is 41.5 Å². The van der Waals surface area contributed by atoms with Gasteiger partial charge in [0.15, 0.2) is 7.42 Å². The first-order valence-corrected chi connectivity index (χ1v) is 12.1. The molecule has 0 N–H and O–H groups in total. The lowest BCUT2D eigenvalue weighted by atomic mass is 9.86. The van der Waals surface area contributed by atoms with E-state index in [-0.39, 0.29) is 12.0 Å². The molecule has 5 heteroatoms. The molecule has 1 aliphatic heterocycles. The first kappa shape index (κ1) is 20.6. The summed E-state index contributed by atoms with van der Waals surface area (Å²) in [6, 6.07) is 9.27. The zero-order chi connectivity index (χ0) is 20.0. The number of hydrogen-bond donors (Lipinski definition) is 1. The van der Waals surface area contributed by atoms with Crippen LogP contribution in [0.5, 0.6) is 0 Å². The van der Waals surface area contributed by atoms with E-state index in [1.54, 1.807) is 0 Å². The summed E-state index contributed by atoms with van der Waals surface area (Å²) < 4.78 is 4.86. The lowest BCUT2D eigenvalue weighted by Gasteiger charge is -2.33. The molecule has 2 aromatic rings. The minimum atomic E-state index is -0.877. The maximum absolute atomic E-state index is 6.84. The largest absolute Gasteiger partial charge is 0.329 e. The molecule has 0 aliphatic carbocycles. The molecule has 1 aliphatic rings. The number of hydrogen-bond acceptors (Lipinski definition) is 3. The van der Waals surface area contributed by atoms with E-state index in [1.165, 1.54) is 44.8 Å². The molecule has 0 bridgehead atoms. The van der Waals surface area contributed by atoms with Crippen molar-refractivity contribution < 1.29 is 0 Å². The van der Waals surface area contributed by atoms with Crippen molar-refractivity contribution in [2.75, 3.05) is 9.34 Å². The van der Waals surface area contributed by atoms with Gasteiger partial charge in [-0.2, -0.15) is 0 Å². The van der Waals surface area contributed by atoms with Gasteiger partial charge < -0.3 is 9.34 Å². The van der Waals surface area contributed by atoms with Crippen LogP contribution in [-0.2, 0) is 0 Å². The van der Waals surface area contributed by atoms with Gasteiger partial charge >= 0.3 is 0 Å². The second-order valence-corrected chi connectivity index (χ2v) is 10.4. The van der Waals surface area contributed by atoms with Crippen molar-refractivity contribution in [1.82, 2.24) is 0 Å². The third-order valence-corrected chi connectivity index (χ3v) is 8.41. The van der Waals surface area contributed by atoms with Crippen LogP contribution >= 0.6 is 19.7 Å². The zero-order valence-corrected chi connectivity index (χ0v) is 19.3. The highest BCUT2D eigenvalue weighted by molar-refractivity contribution is 8.46. The predicted octanol–water partition coefficient (Wildman–Crippen LogP) is 6.29. The maximum Gasteiger partial charge on any atom is 0.157 e. The number of aryl methyl sites for hydroxylation is 6. The van der Waals surface area contributed by atoms with Gasteiger partial charge in [-0.15, -0.1) is 12.2 Å². The molecule has 3 atom stereocenters. The van der Waals surface area contributed by atoms with E-state index < -0.39 is 7.42 Å². The predicted molar refractivity (Wildman–Crippen MR) is 126 cm³/mol. The molecule has 142 valence electrons. The third-order valence-electron chi connectivity index (χ3n) is 5.52. The fourth-order valence-electron chi connectivity index (χ4n) is 4.64. The number of thiol groups is 1. The summed E-state index contributed by atoms with van der Waals surface area (Å²) in [5.41, 5.74) is 10.3. The molecule has 0 aromatic heterocycles. The Morgan fingerprint density at radius 1 is 0.815 bits per heavy atom. The number of rotatable bonds is 3. The summed E-state index contributed by atoms with van der Waals surface area (Å²) in [6.45, 7) is 15.3. The average Bonchev–Trinajstić information content (AvgIpc) is 2.77. The van der Waals surface area contributed by atoms with Gasteiger partial charge in [0, 0.05) is 23.4 Å². The minimum absolute atomic E-state index is 0.0705. The molecule has 2 nitrogen and oxygen atoms in total. The number of anilines is 2. The summed E-state index contributed by atoms with van der Waals surface area (Å²) in [4.78, 5) is 0. The van der Waals surface area contributed by atoms with Crippen LogP contribution < -0.4 is 9.34 Å². The van der Waals surface area contributed by atoms with Crippen molar-refractivity contribution in [2.24, 2.45) is 0 Å². The van der Waals surface area contributed by atoms with E-state index in [0.29, 0.717) is 0 Å². The van der Waals surface area contributed by atoms with E-state index >= 15 is 0 Å². The molecular weight excluding hydrogens is 366 g/mol. The molecule has 2 unspecified atom stereocenters. The molecule has 2 aromatic carbocycles. The Bertz CT molecular complexity index is 823. The quantitative estimate of drug-likeness (QED) is 0.370. The topological polar surface area (TPSA) is 6.48 Å². The van der Waals surface area contributed by atoms with Crippen LogP contribution in [0.25, 0.3) is 0 Å². The van der Waals surface area contributed by atoms with Gasteiger partial charge in [-0.1, -0.05) is 42.3 Å². The van der Waals surface area contributed by atoms with Crippen molar-refractivity contribution in [2.45, 2.75) is 66.9 Å². The average molecular weight is 396 g/mol. The SMILES string of the molecule is [B][C@@H]1C(CC)N(c2c(C)cc(C)cc2C)P(S)N1c1c(C)cc(C)cc1C. The zero-order valence-electron chi connectivity index (χ0n) is 17.5. The van der Waals surface area contributed by atoms with Crippen molar-refractivity contribution in [3.63, 3.8) is 0 Å². The first-order valence-electron chi connectivity index (χ1n) is 9.66. The van der Waals surface area contributed by atoms with Crippen molar-refractivity contribution in [3.8, 4) is 0 Å². The van der Waals surface area contributed by atoms with E-state index in [2.05, 4.69) is 82.1 Å². The van der Waals surface area contributed by atoms with E-state index in [0.717, 1.165) is 6.42 Å². The van der Waals surface area contributed by atoms with Gasteiger partial charge in [-0.25, -0.2) is 0 Å². The molecule has 1 heterocycles. The third kappa shape index (κ3) is 3.52. The molecule has 0 saturated carbocycles. The maximum atomic E-state index is 6.84. The van der Waals surface area contributed by atoms with Gasteiger partial charge in [0.2, 0.25) is 0 Å². The van der Waals surface area contributed by atoms with Gasteiger partial charge in [-0.05, 0) is 70.2 Å². The van der Waals surface area contributed by atoms with Crippen LogP contribution in [-0.4, -0.2) is 19.8 Å². The summed E-state index contributed by atoms with van der Waals surface area (Å²) in [5, 5.41) is 0. The molecular formula is C22H30BN2PS. The lowest BCUT2D eigenvalue weighted by molar-refractivity contribution is 0.655. The van der Waals surface area contributed by atoms with Gasteiger partial charge in [0.05, 0.1) is 0 Å². The van der Waals surface area contributed by atoms with Crippen molar-refractivity contribution in [3.05, 3.63) is 57.6 Å². The molecule has 3 rings (SSSR count). The van der Waals surface area contributed by atoms with Crippen LogP contribution in [0.2, 0.25) is 0 Å². The molecule has 1 saturated heterocycles. The Balaban J connectivity index is 2.15. The van der Waals surface area contributed by atoms with Crippen LogP contribution in [0.3, 0.4) is 0 Å². The van der Waals surface area contributed by atoms with E-state index in [1.807, 2.05) is 0 Å². The van der Waals surface area contributed by atoms with Gasteiger partial charge in [0.25, 0.3) is 0 Å². The van der Waals surface area contributed by atoms with Crippen molar-refractivity contribution in [1.29, 1.82) is 0 Å². The van der Waals surface area contributed by atoms with Gasteiger partial charge in [0.1, 0.15) is 7.85 Å². The smallest absolute Gasteiger partial charge is 0.157 e. The summed E-state index contributed by atoms with van der Waals surface area (Å²) in [6.07, 6.45) is 0.994. The Hall–Kier alpha value is -1.12. The summed E-state index contributed by atoms with van der Waals surface area (Å²) in [7, 11) is 5.96. The standard InChI is InChI=1S/C22H30BN2PS/c1-8-19-22(23)25(21-17(6)11-14(3)12-18(21)7)26(27)24(19)20-15(4)9-13(2)10-16(20)5/h9-12,19,22,27H,8H2,1-7H3/t19?,22-,26?/m0/s1. The highest BCUT2D eigenvalue weighted by atomic mass is 32.7. The normalized spacial score (nSPS) is 22.6. The van der Waals surface area contributed by atoms with Gasteiger partial charge in [-0.3, -0.25) is 0 Å². The minimum Gasteiger partial charge on any atom is -0.329 e. The molecule has 2 radical (unpaired) electrons. The Kier molecular flexibility index (Phi) is 5.89. The van der Waals surface area contributed by atoms with E-state index in [9.17, 15) is 0 Å². The Morgan fingerprint density at radius 2 is 1.19 bits per heavy atom. The molecule has 0 amide bonds. The molecule has 27 heavy (non-hydrogen) atoms. The number of benzene rings is 2.